The van der Waals surface area contributed by atoms with Gasteiger partial charge >= 0.3 is 0 Å². The molecule has 1 heteroatoms. The van der Waals surface area contributed by atoms with Gasteiger partial charge < -0.3 is 0 Å². The molecule has 0 saturated heterocycles. The Morgan fingerprint density at radius 2 is 1.11 bits per heavy atom. The first-order valence-corrected chi connectivity index (χ1v) is 7.90. The van der Waals surface area contributed by atoms with Gasteiger partial charge in [-0.2, -0.15) is 0 Å². The summed E-state index contributed by atoms with van der Waals surface area (Å²) in [6.07, 6.45) is 13.9. The van der Waals surface area contributed by atoms with Crippen molar-refractivity contribution in [2.75, 3.05) is 0 Å². The maximum atomic E-state index is 5.02. The maximum absolute atomic E-state index is 5.02. The van der Waals surface area contributed by atoms with Gasteiger partial charge in [0.2, 0.25) is 0 Å². The lowest BCUT2D eigenvalue weighted by Gasteiger charge is -2.24. The van der Waals surface area contributed by atoms with Gasteiger partial charge in [0.25, 0.3) is 0 Å². The van der Waals surface area contributed by atoms with Crippen LogP contribution in [-0.4, -0.2) is 4.98 Å². The minimum atomic E-state index is 0.752. The van der Waals surface area contributed by atoms with Crippen LogP contribution >= 0.6 is 0 Å². The molecule has 1 aromatic rings. The Balaban J connectivity index is 1.75. The van der Waals surface area contributed by atoms with E-state index in [1.807, 2.05) is 0 Å². The van der Waals surface area contributed by atoms with E-state index in [1.165, 1.54) is 75.6 Å². The molecule has 18 heavy (non-hydrogen) atoms. The Hall–Kier alpha value is -0.850. The highest BCUT2D eigenvalue weighted by molar-refractivity contribution is 5.18. The van der Waals surface area contributed by atoms with E-state index in [4.69, 9.17) is 4.98 Å². The molecule has 2 aliphatic rings. The van der Waals surface area contributed by atoms with Gasteiger partial charge in [0.15, 0.2) is 0 Å². The van der Waals surface area contributed by atoms with E-state index in [-0.39, 0.29) is 0 Å². The minimum absolute atomic E-state index is 0.752. The number of nitrogens with zero attached hydrogens (tertiary/aromatic N) is 1. The van der Waals surface area contributed by atoms with Crippen LogP contribution < -0.4 is 0 Å². The molecule has 0 spiro atoms. The molecule has 0 N–H and O–H groups in total. The zero-order chi connectivity index (χ0) is 12.2. The summed E-state index contributed by atoms with van der Waals surface area (Å²) in [4.78, 5) is 5.02. The monoisotopic (exact) mass is 243 g/mol. The molecule has 98 valence electrons. The standard InChI is InChI=1S/C17H25N/c1-3-8-14(9-4-1)16-12-7-13-17(18-16)15-10-5-2-6-11-15/h7,12-15H,1-6,8-11H2. The van der Waals surface area contributed by atoms with Crippen molar-refractivity contribution in [1.82, 2.24) is 4.98 Å². The Bertz CT molecular complexity index is 340. The van der Waals surface area contributed by atoms with Crippen LogP contribution in [0.4, 0.5) is 0 Å². The van der Waals surface area contributed by atoms with E-state index in [1.54, 1.807) is 0 Å². The number of aromatic nitrogens is 1. The summed E-state index contributed by atoms with van der Waals surface area (Å²) in [5.41, 5.74) is 2.77. The van der Waals surface area contributed by atoms with E-state index >= 15 is 0 Å². The van der Waals surface area contributed by atoms with Gasteiger partial charge in [0, 0.05) is 23.2 Å². The summed E-state index contributed by atoms with van der Waals surface area (Å²) in [6.45, 7) is 0. The highest BCUT2D eigenvalue weighted by Crippen LogP contribution is 2.35. The van der Waals surface area contributed by atoms with E-state index in [0.29, 0.717) is 0 Å². The van der Waals surface area contributed by atoms with Gasteiger partial charge in [-0.1, -0.05) is 44.6 Å². The third kappa shape index (κ3) is 2.76. The van der Waals surface area contributed by atoms with E-state index < -0.39 is 0 Å². The first-order valence-electron chi connectivity index (χ1n) is 7.90. The third-order valence-electron chi connectivity index (χ3n) is 4.84. The maximum Gasteiger partial charge on any atom is 0.0437 e. The zero-order valence-corrected chi connectivity index (χ0v) is 11.4. The summed E-state index contributed by atoms with van der Waals surface area (Å²) >= 11 is 0. The minimum Gasteiger partial charge on any atom is -0.257 e. The Morgan fingerprint density at radius 1 is 0.667 bits per heavy atom. The van der Waals surface area contributed by atoms with Crippen LogP contribution in [0.15, 0.2) is 18.2 Å². The predicted molar refractivity (Wildman–Crippen MR) is 75.9 cm³/mol. The fourth-order valence-electron chi connectivity index (χ4n) is 3.72. The van der Waals surface area contributed by atoms with E-state index in [2.05, 4.69) is 18.2 Å². The first kappa shape index (κ1) is 12.2. The van der Waals surface area contributed by atoms with Crippen molar-refractivity contribution in [3.05, 3.63) is 29.6 Å². The molecular formula is C17H25N. The lowest BCUT2D eigenvalue weighted by Crippen LogP contribution is -2.11. The van der Waals surface area contributed by atoms with Crippen molar-refractivity contribution in [1.29, 1.82) is 0 Å². The Kier molecular flexibility index (Phi) is 3.97. The highest BCUT2D eigenvalue weighted by atomic mass is 14.7. The lowest BCUT2D eigenvalue weighted by atomic mass is 9.84. The molecular weight excluding hydrogens is 218 g/mol. The van der Waals surface area contributed by atoms with Crippen LogP contribution in [0.25, 0.3) is 0 Å². The van der Waals surface area contributed by atoms with Crippen molar-refractivity contribution in [2.24, 2.45) is 0 Å². The average molecular weight is 243 g/mol. The highest BCUT2D eigenvalue weighted by Gasteiger charge is 2.20. The van der Waals surface area contributed by atoms with Gasteiger partial charge in [-0.05, 0) is 37.8 Å². The number of pyridine rings is 1. The molecule has 0 atom stereocenters. The number of hydrogen-bond donors (Lipinski definition) is 0. The molecule has 2 fully saturated rings. The molecule has 2 saturated carbocycles. The van der Waals surface area contributed by atoms with Gasteiger partial charge in [0.05, 0.1) is 0 Å². The normalized spacial score (nSPS) is 23.1. The molecule has 0 radical (unpaired) electrons. The quantitative estimate of drug-likeness (QED) is 0.697. The fraction of sp³-hybridized carbons (Fsp3) is 0.706. The average Bonchev–Trinajstić information content (AvgIpc) is 2.49. The third-order valence-corrected chi connectivity index (χ3v) is 4.84. The van der Waals surface area contributed by atoms with Crippen LogP contribution in [0.3, 0.4) is 0 Å². The van der Waals surface area contributed by atoms with Crippen LogP contribution in [-0.2, 0) is 0 Å². The summed E-state index contributed by atoms with van der Waals surface area (Å²) in [5, 5.41) is 0. The van der Waals surface area contributed by atoms with Crippen molar-refractivity contribution in [2.45, 2.75) is 76.0 Å². The SMILES string of the molecule is c1cc(C2CCCCC2)nc(C2CCCCC2)c1. The fourth-order valence-corrected chi connectivity index (χ4v) is 3.72. The molecule has 1 aromatic heterocycles. The van der Waals surface area contributed by atoms with Crippen LogP contribution in [0.1, 0.15) is 87.4 Å². The van der Waals surface area contributed by atoms with Gasteiger partial charge in [-0.15, -0.1) is 0 Å². The smallest absolute Gasteiger partial charge is 0.0437 e. The second-order valence-electron chi connectivity index (χ2n) is 6.16. The Labute approximate surface area is 111 Å². The molecule has 0 aliphatic heterocycles. The lowest BCUT2D eigenvalue weighted by molar-refractivity contribution is 0.422. The molecule has 0 aromatic carbocycles. The number of hydrogen-bond acceptors (Lipinski definition) is 1. The summed E-state index contributed by atoms with van der Waals surface area (Å²) in [5.74, 6) is 1.50. The second kappa shape index (κ2) is 5.86. The van der Waals surface area contributed by atoms with Gasteiger partial charge in [-0.25, -0.2) is 0 Å². The second-order valence-corrected chi connectivity index (χ2v) is 6.16. The molecule has 0 amide bonds. The van der Waals surface area contributed by atoms with Crippen molar-refractivity contribution >= 4 is 0 Å². The largest absolute Gasteiger partial charge is 0.257 e. The molecule has 0 bridgehead atoms. The Morgan fingerprint density at radius 3 is 1.56 bits per heavy atom. The molecule has 3 rings (SSSR count). The van der Waals surface area contributed by atoms with E-state index in [0.717, 1.165) is 11.8 Å². The topological polar surface area (TPSA) is 12.9 Å². The molecule has 1 nitrogen and oxygen atoms in total. The molecule has 0 unspecified atom stereocenters. The molecule has 1 heterocycles. The summed E-state index contributed by atoms with van der Waals surface area (Å²) in [7, 11) is 0. The van der Waals surface area contributed by atoms with Crippen LogP contribution in [0.2, 0.25) is 0 Å². The zero-order valence-electron chi connectivity index (χ0n) is 11.4. The first-order chi connectivity index (χ1) is 8.93. The summed E-state index contributed by atoms with van der Waals surface area (Å²) in [6, 6.07) is 6.78. The van der Waals surface area contributed by atoms with Crippen LogP contribution in [0, 0.1) is 0 Å². The van der Waals surface area contributed by atoms with Crippen molar-refractivity contribution < 1.29 is 0 Å². The van der Waals surface area contributed by atoms with Gasteiger partial charge in [-0.3, -0.25) is 4.98 Å². The predicted octanol–water partition coefficient (Wildman–Crippen LogP) is 5.18. The van der Waals surface area contributed by atoms with Crippen LogP contribution in [0.5, 0.6) is 0 Å². The van der Waals surface area contributed by atoms with E-state index in [9.17, 15) is 0 Å². The molecule has 2 aliphatic carbocycles. The van der Waals surface area contributed by atoms with Crippen molar-refractivity contribution in [3.8, 4) is 0 Å². The van der Waals surface area contributed by atoms with Crippen molar-refractivity contribution in [3.63, 3.8) is 0 Å². The number of rotatable bonds is 2. The van der Waals surface area contributed by atoms with Gasteiger partial charge in [0.1, 0.15) is 0 Å². The summed E-state index contributed by atoms with van der Waals surface area (Å²) < 4.78 is 0.